The van der Waals surface area contributed by atoms with E-state index < -0.39 is 11.8 Å². The number of alkyl halides is 2. The summed E-state index contributed by atoms with van der Waals surface area (Å²) in [6.45, 7) is 0.527. The molecule has 4 rings (SSSR count). The maximum absolute atomic E-state index is 13.2. The largest absolute Gasteiger partial charge is 0.322 e. The molecule has 3 aromatic heterocycles. The second-order valence-corrected chi connectivity index (χ2v) is 7.77. The number of thioether (sulfide) groups is 1. The highest BCUT2D eigenvalue weighted by molar-refractivity contribution is 7.98. The normalized spacial score (nSPS) is 11.5. The molecule has 0 aliphatic rings. The van der Waals surface area contributed by atoms with Crippen LogP contribution in [-0.2, 0) is 17.6 Å². The first-order valence-electron chi connectivity index (χ1n) is 9.26. The smallest absolute Gasteiger partial charge is 0.305 e. The van der Waals surface area contributed by atoms with Crippen molar-refractivity contribution in [3.8, 4) is 18.3 Å². The molecule has 1 amide bonds. The summed E-state index contributed by atoms with van der Waals surface area (Å²) in [7, 11) is 1.71. The number of carbonyl (C=O) groups is 1. The third-order valence-corrected chi connectivity index (χ3v) is 5.36. The van der Waals surface area contributed by atoms with E-state index in [0.29, 0.717) is 40.6 Å². The van der Waals surface area contributed by atoms with E-state index in [-0.39, 0.29) is 5.82 Å². The van der Waals surface area contributed by atoms with Gasteiger partial charge in [0.2, 0.25) is 0 Å². The van der Waals surface area contributed by atoms with Gasteiger partial charge in [0, 0.05) is 25.3 Å². The lowest BCUT2D eigenvalue weighted by Gasteiger charge is -2.11. The monoisotopic (exact) mass is 454 g/mol. The maximum Gasteiger partial charge on any atom is 0.322 e. The number of aryl methyl sites for hydroxylation is 1. The summed E-state index contributed by atoms with van der Waals surface area (Å²) < 4.78 is 29.6. The summed E-state index contributed by atoms with van der Waals surface area (Å²) in [6, 6.07) is 10.2. The summed E-state index contributed by atoms with van der Waals surface area (Å²) >= 11 is 1.35. The molecule has 3 heterocycles. The Balaban J connectivity index is 1.64. The zero-order valence-corrected chi connectivity index (χ0v) is 17.8. The van der Waals surface area contributed by atoms with Gasteiger partial charge in [-0.1, -0.05) is 28.8 Å². The van der Waals surface area contributed by atoms with Gasteiger partial charge in [-0.25, -0.2) is 14.6 Å². The van der Waals surface area contributed by atoms with Crippen molar-refractivity contribution in [2.75, 3.05) is 5.32 Å². The number of nitrogens with one attached hydrogen (secondary N) is 1. The number of rotatable bonds is 6. The number of terminal acetylenes is 1. The van der Waals surface area contributed by atoms with Gasteiger partial charge in [0.15, 0.2) is 5.16 Å². The summed E-state index contributed by atoms with van der Waals surface area (Å²) in [5, 5.41) is 14.4. The van der Waals surface area contributed by atoms with Crippen molar-refractivity contribution in [3.05, 3.63) is 47.7 Å². The van der Waals surface area contributed by atoms with Crippen molar-refractivity contribution in [2.45, 2.75) is 23.8 Å². The molecule has 1 aromatic carbocycles. The van der Waals surface area contributed by atoms with E-state index in [1.807, 2.05) is 12.1 Å². The van der Waals surface area contributed by atoms with Crippen LogP contribution in [0.2, 0.25) is 0 Å². The predicted octanol–water partition coefficient (Wildman–Crippen LogP) is 2.81. The third-order valence-electron chi connectivity index (χ3n) is 4.38. The Hall–Kier alpha value is -3.85. The Morgan fingerprint density at radius 2 is 2.09 bits per heavy atom. The van der Waals surface area contributed by atoms with E-state index in [0.717, 1.165) is 5.52 Å². The van der Waals surface area contributed by atoms with E-state index in [4.69, 9.17) is 6.42 Å². The van der Waals surface area contributed by atoms with Crippen LogP contribution in [0.3, 0.4) is 0 Å². The molecule has 0 aliphatic carbocycles. The molecule has 9 nitrogen and oxygen atoms in total. The van der Waals surface area contributed by atoms with Crippen molar-refractivity contribution in [3.63, 3.8) is 0 Å². The number of hydrogen-bond acceptors (Lipinski definition) is 7. The van der Waals surface area contributed by atoms with Crippen molar-refractivity contribution >= 4 is 34.5 Å². The lowest BCUT2D eigenvalue weighted by molar-refractivity contribution is -0.137. The molecule has 32 heavy (non-hydrogen) atoms. The number of amides is 1. The fourth-order valence-electron chi connectivity index (χ4n) is 2.84. The van der Waals surface area contributed by atoms with Crippen LogP contribution in [-0.4, -0.2) is 46.6 Å². The Bertz CT molecular complexity index is 1350. The zero-order valence-electron chi connectivity index (χ0n) is 17.0. The molecule has 0 spiro atoms. The van der Waals surface area contributed by atoms with Crippen LogP contribution in [0.1, 0.15) is 18.2 Å². The average Bonchev–Trinajstić information content (AvgIpc) is 3.33. The fourth-order valence-corrected chi connectivity index (χ4v) is 3.75. The van der Waals surface area contributed by atoms with Gasteiger partial charge in [-0.05, 0) is 40.8 Å². The third kappa shape index (κ3) is 4.28. The van der Waals surface area contributed by atoms with Gasteiger partial charge in [0.05, 0.1) is 16.7 Å². The minimum atomic E-state index is -3.50. The van der Waals surface area contributed by atoms with Crippen molar-refractivity contribution in [1.82, 2.24) is 34.7 Å². The van der Waals surface area contributed by atoms with Crippen LogP contribution in [0, 0.1) is 12.3 Å². The van der Waals surface area contributed by atoms with Crippen molar-refractivity contribution < 1.29 is 13.6 Å². The summed E-state index contributed by atoms with van der Waals surface area (Å²) in [5.41, 5.74) is 2.68. The van der Waals surface area contributed by atoms with E-state index in [2.05, 4.69) is 36.7 Å². The number of anilines is 1. The van der Waals surface area contributed by atoms with Crippen LogP contribution >= 0.6 is 11.8 Å². The Labute approximate surface area is 185 Å². The highest BCUT2D eigenvalue weighted by Crippen LogP contribution is 2.29. The SMILES string of the molecule is C#Cc1ccc2nc(SCc3cccc(NC(=O)C(C)(F)F)n3)n(-c3nnnn3C)c2c1. The van der Waals surface area contributed by atoms with Gasteiger partial charge in [-0.2, -0.15) is 8.78 Å². The van der Waals surface area contributed by atoms with Crippen LogP contribution in [0.25, 0.3) is 17.0 Å². The summed E-state index contributed by atoms with van der Waals surface area (Å²) in [4.78, 5) is 20.4. The molecule has 0 radical (unpaired) electrons. The van der Waals surface area contributed by atoms with Gasteiger partial charge in [0.1, 0.15) is 5.82 Å². The maximum atomic E-state index is 13.2. The number of tetrazole rings is 1. The van der Waals surface area contributed by atoms with Gasteiger partial charge in [-0.15, -0.1) is 6.42 Å². The number of fused-ring (bicyclic) bond motifs is 1. The van der Waals surface area contributed by atoms with Gasteiger partial charge < -0.3 is 5.32 Å². The number of imidazole rings is 1. The van der Waals surface area contributed by atoms with Gasteiger partial charge in [-0.3, -0.25) is 9.36 Å². The Kier molecular flexibility index (Phi) is 5.58. The van der Waals surface area contributed by atoms with E-state index >= 15 is 0 Å². The topological polar surface area (TPSA) is 103 Å². The Morgan fingerprint density at radius 1 is 1.28 bits per heavy atom. The van der Waals surface area contributed by atoms with Gasteiger partial charge in [0.25, 0.3) is 11.9 Å². The first-order valence-corrected chi connectivity index (χ1v) is 10.2. The zero-order chi connectivity index (χ0) is 22.9. The fraction of sp³-hybridized carbons (Fsp3) is 0.200. The first-order chi connectivity index (χ1) is 15.3. The van der Waals surface area contributed by atoms with Crippen LogP contribution in [0.15, 0.2) is 41.6 Å². The summed E-state index contributed by atoms with van der Waals surface area (Å²) in [5.74, 6) is -1.48. The van der Waals surface area contributed by atoms with Crippen LogP contribution < -0.4 is 5.32 Å². The van der Waals surface area contributed by atoms with Crippen LogP contribution in [0.5, 0.6) is 0 Å². The predicted molar refractivity (Wildman–Crippen MR) is 114 cm³/mol. The molecule has 0 saturated carbocycles. The minimum absolute atomic E-state index is 0.0410. The second kappa shape index (κ2) is 8.35. The lowest BCUT2D eigenvalue weighted by Crippen LogP contribution is -2.31. The van der Waals surface area contributed by atoms with Crippen molar-refractivity contribution in [2.24, 2.45) is 7.05 Å². The molecule has 0 unspecified atom stereocenters. The lowest BCUT2D eigenvalue weighted by atomic mass is 10.2. The van der Waals surface area contributed by atoms with Crippen molar-refractivity contribution in [1.29, 1.82) is 0 Å². The molecule has 0 saturated heterocycles. The van der Waals surface area contributed by atoms with Crippen LogP contribution in [0.4, 0.5) is 14.6 Å². The number of hydrogen-bond donors (Lipinski definition) is 1. The molecular weight excluding hydrogens is 438 g/mol. The first kappa shape index (κ1) is 21.4. The highest BCUT2D eigenvalue weighted by Gasteiger charge is 2.32. The molecule has 0 fully saturated rings. The molecule has 0 aliphatic heterocycles. The molecule has 1 N–H and O–H groups in total. The average molecular weight is 454 g/mol. The minimum Gasteiger partial charge on any atom is -0.305 e. The number of nitrogens with zero attached hydrogens (tertiary/aromatic N) is 7. The number of pyridine rings is 1. The molecule has 0 bridgehead atoms. The Morgan fingerprint density at radius 3 is 2.78 bits per heavy atom. The molecule has 162 valence electrons. The molecule has 0 atom stereocenters. The molecule has 4 aromatic rings. The van der Waals surface area contributed by atoms with E-state index in [9.17, 15) is 13.6 Å². The van der Waals surface area contributed by atoms with Gasteiger partial charge >= 0.3 is 5.92 Å². The number of aromatic nitrogens is 7. The number of benzene rings is 1. The second-order valence-electron chi connectivity index (χ2n) is 6.83. The summed E-state index contributed by atoms with van der Waals surface area (Å²) in [6.07, 6.45) is 5.54. The number of carbonyl (C=O) groups excluding carboxylic acids is 1. The standard InChI is InChI=1S/C20H16F2N8OS/c1-4-12-8-9-14-15(10-12)30(18-26-27-28-29(18)3)19(24-14)32-11-13-6-5-7-16(23-13)25-17(31)20(2,21)22/h1,5-10H,11H2,2-3H3,(H,23,25,31). The van der Waals surface area contributed by atoms with E-state index in [1.165, 1.54) is 22.5 Å². The quantitative estimate of drug-likeness (QED) is 0.353. The number of halogens is 2. The van der Waals surface area contributed by atoms with E-state index in [1.54, 1.807) is 29.8 Å². The molecule has 12 heteroatoms. The molecular formula is C20H16F2N8OS. The highest BCUT2D eigenvalue weighted by atomic mass is 32.2.